The highest BCUT2D eigenvalue weighted by Gasteiger charge is 2.11. The standard InChI is InChI=1S/C8H18O2S/c1-4-5-7(2)8(3)6-11(9)10/h7-8,11H,4-6H2,1-3H3. The minimum Gasteiger partial charge on any atom is -0.232 e. The molecule has 0 radical (unpaired) electrons. The Kier molecular flexibility index (Phi) is 5.56. The van der Waals surface area contributed by atoms with Gasteiger partial charge in [0.25, 0.3) is 0 Å². The van der Waals surface area contributed by atoms with E-state index >= 15 is 0 Å². The smallest absolute Gasteiger partial charge is 0.140 e. The van der Waals surface area contributed by atoms with Gasteiger partial charge in [-0.05, 0) is 11.8 Å². The molecule has 11 heavy (non-hydrogen) atoms. The summed E-state index contributed by atoms with van der Waals surface area (Å²) >= 11 is 0. The summed E-state index contributed by atoms with van der Waals surface area (Å²) in [6.07, 6.45) is 2.27. The molecule has 0 aliphatic carbocycles. The van der Waals surface area contributed by atoms with Gasteiger partial charge in [0, 0.05) is 0 Å². The Balaban J connectivity index is 3.71. The van der Waals surface area contributed by atoms with Crippen LogP contribution in [0.3, 0.4) is 0 Å². The van der Waals surface area contributed by atoms with Gasteiger partial charge in [0.2, 0.25) is 0 Å². The van der Waals surface area contributed by atoms with Crippen molar-refractivity contribution in [2.24, 2.45) is 11.8 Å². The molecule has 2 atom stereocenters. The number of hydrogen-bond donors (Lipinski definition) is 1. The van der Waals surface area contributed by atoms with Gasteiger partial charge in [-0.25, -0.2) is 8.42 Å². The van der Waals surface area contributed by atoms with Crippen LogP contribution in [0.2, 0.25) is 0 Å². The van der Waals surface area contributed by atoms with Gasteiger partial charge in [-0.1, -0.05) is 33.6 Å². The summed E-state index contributed by atoms with van der Waals surface area (Å²) in [6, 6.07) is 0. The van der Waals surface area contributed by atoms with Crippen molar-refractivity contribution in [2.45, 2.75) is 33.6 Å². The van der Waals surface area contributed by atoms with Crippen molar-refractivity contribution in [2.75, 3.05) is 5.75 Å². The molecule has 0 aromatic rings. The third-order valence-electron chi connectivity index (χ3n) is 2.15. The lowest BCUT2D eigenvalue weighted by Gasteiger charge is -2.15. The Hall–Kier alpha value is -0.0500. The van der Waals surface area contributed by atoms with Crippen molar-refractivity contribution >= 4 is 10.7 Å². The Bertz CT molecular complexity index is 155. The largest absolute Gasteiger partial charge is 0.232 e. The molecule has 0 heterocycles. The summed E-state index contributed by atoms with van der Waals surface area (Å²) in [5.74, 6) is 1.19. The van der Waals surface area contributed by atoms with Crippen LogP contribution in [-0.2, 0) is 10.7 Å². The molecule has 0 aliphatic rings. The maximum Gasteiger partial charge on any atom is 0.140 e. The average molecular weight is 178 g/mol. The summed E-state index contributed by atoms with van der Waals surface area (Å²) in [4.78, 5) is 0. The summed E-state index contributed by atoms with van der Waals surface area (Å²) in [6.45, 7) is 6.25. The third-order valence-corrected chi connectivity index (χ3v) is 3.03. The lowest BCUT2D eigenvalue weighted by atomic mass is 9.93. The summed E-state index contributed by atoms with van der Waals surface area (Å²) in [5, 5.41) is 0. The van der Waals surface area contributed by atoms with E-state index in [9.17, 15) is 8.42 Å². The second-order valence-corrected chi connectivity index (χ2v) is 4.29. The number of rotatable bonds is 5. The molecule has 0 aliphatic heterocycles. The maximum absolute atomic E-state index is 10.4. The van der Waals surface area contributed by atoms with Crippen molar-refractivity contribution < 1.29 is 8.42 Å². The first-order valence-electron chi connectivity index (χ1n) is 4.19. The van der Waals surface area contributed by atoms with Crippen LogP contribution in [0, 0.1) is 11.8 Å². The van der Waals surface area contributed by atoms with Crippen LogP contribution in [0.25, 0.3) is 0 Å². The molecule has 0 rings (SSSR count). The molecule has 0 aromatic heterocycles. The number of thiol groups is 1. The molecule has 0 spiro atoms. The van der Waals surface area contributed by atoms with E-state index in [1.165, 1.54) is 0 Å². The van der Waals surface area contributed by atoms with Crippen molar-refractivity contribution in [1.29, 1.82) is 0 Å². The van der Waals surface area contributed by atoms with E-state index in [4.69, 9.17) is 0 Å². The topological polar surface area (TPSA) is 34.1 Å². The molecule has 0 saturated carbocycles. The van der Waals surface area contributed by atoms with Gasteiger partial charge in [0.05, 0.1) is 5.75 Å². The molecule has 3 heteroatoms. The van der Waals surface area contributed by atoms with Gasteiger partial charge < -0.3 is 0 Å². The van der Waals surface area contributed by atoms with Crippen LogP contribution < -0.4 is 0 Å². The zero-order valence-corrected chi connectivity index (χ0v) is 8.43. The molecular weight excluding hydrogens is 160 g/mol. The molecule has 0 saturated heterocycles. The Morgan fingerprint density at radius 1 is 1.18 bits per heavy atom. The molecule has 0 amide bonds. The highest BCUT2D eigenvalue weighted by molar-refractivity contribution is 7.72. The van der Waals surface area contributed by atoms with Gasteiger partial charge in [-0.3, -0.25) is 0 Å². The van der Waals surface area contributed by atoms with Crippen molar-refractivity contribution in [3.05, 3.63) is 0 Å². The first-order chi connectivity index (χ1) is 5.07. The number of hydrogen-bond acceptors (Lipinski definition) is 2. The van der Waals surface area contributed by atoms with Crippen LogP contribution in [0.4, 0.5) is 0 Å². The zero-order chi connectivity index (χ0) is 8.85. The zero-order valence-electron chi connectivity index (χ0n) is 7.54. The predicted octanol–water partition coefficient (Wildman–Crippen LogP) is 1.67. The Morgan fingerprint density at radius 3 is 2.09 bits per heavy atom. The lowest BCUT2D eigenvalue weighted by Crippen LogP contribution is -2.12. The second kappa shape index (κ2) is 5.58. The SMILES string of the molecule is CCCC(C)C(C)C[SH](=O)=O. The molecule has 0 aromatic carbocycles. The second-order valence-electron chi connectivity index (χ2n) is 3.26. The Morgan fingerprint density at radius 2 is 1.73 bits per heavy atom. The first-order valence-corrected chi connectivity index (χ1v) is 5.56. The van der Waals surface area contributed by atoms with Gasteiger partial charge in [0.15, 0.2) is 0 Å². The van der Waals surface area contributed by atoms with Crippen LogP contribution in [0.5, 0.6) is 0 Å². The molecule has 0 fully saturated rings. The van der Waals surface area contributed by atoms with Gasteiger partial charge in [0.1, 0.15) is 10.7 Å². The lowest BCUT2D eigenvalue weighted by molar-refractivity contribution is 0.390. The molecule has 68 valence electrons. The third kappa shape index (κ3) is 5.24. The fraction of sp³-hybridized carbons (Fsp3) is 1.00. The van der Waals surface area contributed by atoms with Crippen LogP contribution in [0.1, 0.15) is 33.6 Å². The maximum atomic E-state index is 10.4. The molecule has 0 bridgehead atoms. The van der Waals surface area contributed by atoms with E-state index in [0.29, 0.717) is 17.6 Å². The Labute approximate surface area is 71.0 Å². The van der Waals surface area contributed by atoms with E-state index in [2.05, 4.69) is 13.8 Å². The highest BCUT2D eigenvalue weighted by Crippen LogP contribution is 2.16. The van der Waals surface area contributed by atoms with Crippen LogP contribution in [-0.4, -0.2) is 14.2 Å². The van der Waals surface area contributed by atoms with Crippen molar-refractivity contribution in [3.63, 3.8) is 0 Å². The van der Waals surface area contributed by atoms with E-state index in [-0.39, 0.29) is 0 Å². The van der Waals surface area contributed by atoms with E-state index in [1.807, 2.05) is 6.92 Å². The van der Waals surface area contributed by atoms with E-state index < -0.39 is 10.7 Å². The fourth-order valence-electron chi connectivity index (χ4n) is 1.15. The monoisotopic (exact) mass is 178 g/mol. The molecular formula is C8H18O2S. The van der Waals surface area contributed by atoms with Gasteiger partial charge >= 0.3 is 0 Å². The summed E-state index contributed by atoms with van der Waals surface area (Å²) in [7, 11) is -2.18. The molecule has 2 nitrogen and oxygen atoms in total. The molecule has 0 N–H and O–H groups in total. The van der Waals surface area contributed by atoms with Crippen molar-refractivity contribution in [1.82, 2.24) is 0 Å². The van der Waals surface area contributed by atoms with E-state index in [0.717, 1.165) is 12.8 Å². The first kappa shape index (κ1) is 11.0. The van der Waals surface area contributed by atoms with Crippen LogP contribution >= 0.6 is 0 Å². The van der Waals surface area contributed by atoms with Gasteiger partial charge in [-0.15, -0.1) is 0 Å². The van der Waals surface area contributed by atoms with E-state index in [1.54, 1.807) is 0 Å². The highest BCUT2D eigenvalue weighted by atomic mass is 32.2. The fourth-order valence-corrected chi connectivity index (χ4v) is 1.99. The van der Waals surface area contributed by atoms with Crippen molar-refractivity contribution in [3.8, 4) is 0 Å². The predicted molar refractivity (Wildman–Crippen MR) is 48.4 cm³/mol. The summed E-state index contributed by atoms with van der Waals surface area (Å²) < 4.78 is 20.7. The minimum atomic E-state index is -2.18. The molecule has 2 unspecified atom stereocenters. The van der Waals surface area contributed by atoms with Crippen LogP contribution in [0.15, 0.2) is 0 Å². The normalized spacial score (nSPS) is 16.7. The quantitative estimate of drug-likeness (QED) is 0.650. The average Bonchev–Trinajstić information content (AvgIpc) is 1.86. The summed E-state index contributed by atoms with van der Waals surface area (Å²) in [5.41, 5.74) is 0. The van der Waals surface area contributed by atoms with Gasteiger partial charge in [-0.2, -0.15) is 0 Å². The minimum absolute atomic E-state index is 0.316.